The molecule has 2 amide bonds. The van der Waals surface area contributed by atoms with Crippen LogP contribution in [-0.2, 0) is 11.2 Å². The van der Waals surface area contributed by atoms with Crippen LogP contribution in [0, 0.1) is 0 Å². The number of hydrogen-bond acceptors (Lipinski definition) is 5. The minimum absolute atomic E-state index is 0.0354. The lowest BCUT2D eigenvalue weighted by Gasteiger charge is -2.26. The van der Waals surface area contributed by atoms with Gasteiger partial charge in [-0.25, -0.2) is 0 Å². The van der Waals surface area contributed by atoms with E-state index in [0.717, 1.165) is 19.3 Å². The molecule has 0 saturated heterocycles. The van der Waals surface area contributed by atoms with Gasteiger partial charge in [-0.3, -0.25) is 9.59 Å². The van der Waals surface area contributed by atoms with E-state index >= 15 is 0 Å². The first-order valence-corrected chi connectivity index (χ1v) is 10.0. The van der Waals surface area contributed by atoms with Crippen LogP contribution in [0.2, 0.25) is 0 Å². The Labute approximate surface area is 176 Å². The average Bonchev–Trinajstić information content (AvgIpc) is 2.78. The fourth-order valence-corrected chi connectivity index (χ4v) is 3.77. The summed E-state index contributed by atoms with van der Waals surface area (Å²) < 4.78 is 15.8. The molecule has 2 aromatic carbocycles. The molecule has 7 nitrogen and oxygen atoms in total. The number of rotatable bonds is 8. The van der Waals surface area contributed by atoms with Gasteiger partial charge < -0.3 is 24.8 Å². The van der Waals surface area contributed by atoms with E-state index in [4.69, 9.17) is 14.2 Å². The summed E-state index contributed by atoms with van der Waals surface area (Å²) in [5.74, 6) is 0.821. The Bertz CT molecular complexity index is 887. The zero-order valence-corrected chi connectivity index (χ0v) is 17.6. The zero-order chi connectivity index (χ0) is 21.5. The van der Waals surface area contributed by atoms with Crippen molar-refractivity contribution < 1.29 is 23.8 Å². The minimum Gasteiger partial charge on any atom is -0.493 e. The third kappa shape index (κ3) is 4.84. The first-order chi connectivity index (χ1) is 14.6. The number of carbonyl (C=O) groups excluding carboxylic acids is 2. The number of nitrogens with one attached hydrogen (secondary N) is 2. The van der Waals surface area contributed by atoms with Gasteiger partial charge in [0.25, 0.3) is 5.91 Å². The molecule has 2 N–H and O–H groups in total. The van der Waals surface area contributed by atoms with Crippen molar-refractivity contribution in [3.8, 4) is 17.2 Å². The fourth-order valence-electron chi connectivity index (χ4n) is 3.77. The molecular formula is C23H28N2O5. The maximum atomic E-state index is 12.5. The molecule has 30 heavy (non-hydrogen) atoms. The van der Waals surface area contributed by atoms with Gasteiger partial charge in [-0.2, -0.15) is 0 Å². The van der Waals surface area contributed by atoms with Gasteiger partial charge in [0.1, 0.15) is 0 Å². The van der Waals surface area contributed by atoms with E-state index in [9.17, 15) is 9.59 Å². The molecule has 0 spiro atoms. The predicted octanol–water partition coefficient (Wildman–Crippen LogP) is 3.03. The molecule has 0 heterocycles. The number of ether oxygens (including phenoxy) is 3. The smallest absolute Gasteiger partial charge is 0.251 e. The van der Waals surface area contributed by atoms with Crippen LogP contribution in [0.3, 0.4) is 0 Å². The highest BCUT2D eigenvalue weighted by Gasteiger charge is 2.21. The summed E-state index contributed by atoms with van der Waals surface area (Å²) in [6.45, 7) is 0.232. The van der Waals surface area contributed by atoms with Crippen LogP contribution in [0.1, 0.15) is 46.8 Å². The normalized spacial score (nSPS) is 15.0. The van der Waals surface area contributed by atoms with Crippen molar-refractivity contribution in [3.05, 3.63) is 53.1 Å². The Morgan fingerprint density at radius 2 is 1.73 bits per heavy atom. The number of carbonyl (C=O) groups is 2. The Morgan fingerprint density at radius 1 is 1.03 bits per heavy atom. The van der Waals surface area contributed by atoms with E-state index in [0.29, 0.717) is 22.8 Å². The topological polar surface area (TPSA) is 85.9 Å². The summed E-state index contributed by atoms with van der Waals surface area (Å²) >= 11 is 0. The molecular weight excluding hydrogens is 384 g/mol. The first kappa shape index (κ1) is 21.5. The highest BCUT2D eigenvalue weighted by atomic mass is 16.5. The van der Waals surface area contributed by atoms with Crippen molar-refractivity contribution in [3.63, 3.8) is 0 Å². The second kappa shape index (κ2) is 10.0. The largest absolute Gasteiger partial charge is 0.493 e. The summed E-state index contributed by atoms with van der Waals surface area (Å²) in [6.07, 6.45) is 3.24. The van der Waals surface area contributed by atoms with Crippen molar-refractivity contribution in [1.29, 1.82) is 0 Å². The summed E-state index contributed by atoms with van der Waals surface area (Å²) in [7, 11) is 4.49. The standard InChI is InChI=1S/C23H28N2O5/c1-28-19-13-16(14-20(29-2)22(19)30-3)23(27)24-12-11-21(26)25-18-10-6-8-15-7-4-5-9-17(15)18/h4-5,7,9,13-14,18H,6,8,10-12H2,1-3H3,(H,24,27)(H,25,26). The van der Waals surface area contributed by atoms with E-state index in [1.807, 2.05) is 12.1 Å². The van der Waals surface area contributed by atoms with Crippen molar-refractivity contribution in [2.24, 2.45) is 0 Å². The van der Waals surface area contributed by atoms with Gasteiger partial charge in [-0.15, -0.1) is 0 Å². The van der Waals surface area contributed by atoms with Gasteiger partial charge in [0.05, 0.1) is 27.4 Å². The van der Waals surface area contributed by atoms with Crippen LogP contribution in [0.4, 0.5) is 0 Å². The molecule has 1 aliphatic carbocycles. The maximum absolute atomic E-state index is 12.5. The van der Waals surface area contributed by atoms with Crippen LogP contribution in [0.15, 0.2) is 36.4 Å². The maximum Gasteiger partial charge on any atom is 0.251 e. The Morgan fingerprint density at radius 3 is 2.40 bits per heavy atom. The third-order valence-electron chi connectivity index (χ3n) is 5.27. The number of amides is 2. The van der Waals surface area contributed by atoms with Crippen LogP contribution >= 0.6 is 0 Å². The molecule has 0 saturated carbocycles. The first-order valence-electron chi connectivity index (χ1n) is 10.0. The fraction of sp³-hybridized carbons (Fsp3) is 0.391. The average molecular weight is 412 g/mol. The van der Waals surface area contributed by atoms with E-state index in [1.54, 1.807) is 12.1 Å². The molecule has 7 heteroatoms. The minimum atomic E-state index is -0.315. The van der Waals surface area contributed by atoms with Crippen LogP contribution in [0.25, 0.3) is 0 Å². The number of benzene rings is 2. The highest BCUT2D eigenvalue weighted by Crippen LogP contribution is 2.38. The van der Waals surface area contributed by atoms with Gasteiger partial charge >= 0.3 is 0 Å². The second-order valence-corrected chi connectivity index (χ2v) is 7.13. The predicted molar refractivity (Wildman–Crippen MR) is 113 cm³/mol. The van der Waals surface area contributed by atoms with E-state index in [1.165, 1.54) is 32.5 Å². The van der Waals surface area contributed by atoms with E-state index in [-0.39, 0.29) is 30.8 Å². The summed E-state index contributed by atoms with van der Waals surface area (Å²) in [6, 6.07) is 11.4. The van der Waals surface area contributed by atoms with Gasteiger partial charge in [-0.05, 0) is 42.5 Å². The molecule has 2 aromatic rings. The van der Waals surface area contributed by atoms with Gasteiger partial charge in [0, 0.05) is 18.5 Å². The van der Waals surface area contributed by atoms with E-state index < -0.39 is 0 Å². The molecule has 1 aliphatic rings. The van der Waals surface area contributed by atoms with Crippen molar-refractivity contribution in [2.75, 3.05) is 27.9 Å². The van der Waals surface area contributed by atoms with Gasteiger partial charge in [0.2, 0.25) is 11.7 Å². The van der Waals surface area contributed by atoms with E-state index in [2.05, 4.69) is 22.8 Å². The summed E-state index contributed by atoms with van der Waals surface area (Å²) in [5, 5.41) is 5.87. The molecule has 1 unspecified atom stereocenters. The number of methoxy groups -OCH3 is 3. The Kier molecular flexibility index (Phi) is 7.17. The van der Waals surface area contributed by atoms with Gasteiger partial charge in [-0.1, -0.05) is 24.3 Å². The quantitative estimate of drug-likeness (QED) is 0.696. The molecule has 3 rings (SSSR count). The Balaban J connectivity index is 1.55. The van der Waals surface area contributed by atoms with Crippen LogP contribution in [0.5, 0.6) is 17.2 Å². The molecule has 0 radical (unpaired) electrons. The number of hydrogen-bond donors (Lipinski definition) is 2. The highest BCUT2D eigenvalue weighted by molar-refractivity contribution is 5.95. The number of fused-ring (bicyclic) bond motifs is 1. The SMILES string of the molecule is COc1cc(C(=O)NCCC(=O)NC2CCCc3ccccc32)cc(OC)c1OC. The molecule has 0 fully saturated rings. The van der Waals surface area contributed by atoms with Crippen LogP contribution < -0.4 is 24.8 Å². The lowest BCUT2D eigenvalue weighted by molar-refractivity contribution is -0.121. The monoisotopic (exact) mass is 412 g/mol. The third-order valence-corrected chi connectivity index (χ3v) is 5.27. The molecule has 0 bridgehead atoms. The lowest BCUT2D eigenvalue weighted by atomic mass is 9.88. The number of aryl methyl sites for hydroxylation is 1. The summed E-state index contributed by atoms with van der Waals surface area (Å²) in [5.41, 5.74) is 2.86. The lowest BCUT2D eigenvalue weighted by Crippen LogP contribution is -2.34. The van der Waals surface area contributed by atoms with Crippen molar-refractivity contribution in [1.82, 2.24) is 10.6 Å². The molecule has 0 aromatic heterocycles. The molecule has 1 atom stereocenters. The molecule has 0 aliphatic heterocycles. The van der Waals surface area contributed by atoms with Gasteiger partial charge in [0.15, 0.2) is 11.5 Å². The Hall–Kier alpha value is -3.22. The van der Waals surface area contributed by atoms with Crippen molar-refractivity contribution in [2.45, 2.75) is 31.7 Å². The summed E-state index contributed by atoms with van der Waals surface area (Å²) in [4.78, 5) is 24.9. The van der Waals surface area contributed by atoms with Crippen molar-refractivity contribution >= 4 is 11.8 Å². The zero-order valence-electron chi connectivity index (χ0n) is 17.6. The second-order valence-electron chi connectivity index (χ2n) is 7.13. The molecule has 160 valence electrons. The van der Waals surface area contributed by atoms with Crippen LogP contribution in [-0.4, -0.2) is 39.7 Å².